The molecule has 3 heterocycles. The molecule has 11 nitrogen and oxygen atoms in total. The van der Waals surface area contributed by atoms with Gasteiger partial charge in [0.2, 0.25) is 5.28 Å². The predicted octanol–water partition coefficient (Wildman–Crippen LogP) is 0.983. The molecular weight excluding hydrogens is 439 g/mol. The molecule has 2 fully saturated rings. The van der Waals surface area contributed by atoms with Crippen molar-refractivity contribution in [3.8, 4) is 0 Å². The van der Waals surface area contributed by atoms with Crippen LogP contribution in [0.1, 0.15) is 37.6 Å². The van der Waals surface area contributed by atoms with Crippen molar-refractivity contribution in [1.29, 1.82) is 0 Å². The highest BCUT2D eigenvalue weighted by Gasteiger charge is 2.45. The molecule has 4 rings (SSSR count). The number of hydrogen-bond donors (Lipinski definition) is 4. The second-order valence-corrected chi connectivity index (χ2v) is 9.76. The quantitative estimate of drug-likeness (QED) is 0.345. The number of halogens is 1. The summed E-state index contributed by atoms with van der Waals surface area (Å²) in [5, 5.41) is 25.8. The lowest BCUT2D eigenvalue weighted by Crippen LogP contribution is -2.34. The summed E-state index contributed by atoms with van der Waals surface area (Å²) in [7, 11) is -4.35. The lowest BCUT2D eigenvalue weighted by Gasteiger charge is -2.16. The Hall–Kier alpha value is -1.17. The lowest BCUT2D eigenvalue weighted by atomic mass is 10.0. The molecule has 0 amide bonds. The highest BCUT2D eigenvalue weighted by atomic mass is 35.5. The standard InChI is InChI=1S/C17H24ClN4O7P/c18-17-20-11(5-9-3-1-2-4-9)10-6-19-22(15(10)21-17)16-14(24)13(23)12(29-16)7-28-8-30(25,26)27/h6,9,12-14,16,23-24H,1-5,7-8H2,(H2,25,26,27)/t12-,13-,14-,16-/m1/s1. The molecule has 0 spiro atoms. The zero-order valence-electron chi connectivity index (χ0n) is 16.0. The Balaban J connectivity index is 1.55. The summed E-state index contributed by atoms with van der Waals surface area (Å²) in [6.45, 7) is -0.304. The molecule has 0 unspecified atom stereocenters. The molecule has 1 aliphatic carbocycles. The summed E-state index contributed by atoms with van der Waals surface area (Å²) in [6, 6.07) is 0. The van der Waals surface area contributed by atoms with E-state index in [1.165, 1.54) is 17.5 Å². The molecule has 1 aliphatic heterocycles. The van der Waals surface area contributed by atoms with Gasteiger partial charge in [-0.3, -0.25) is 4.57 Å². The van der Waals surface area contributed by atoms with Crippen molar-refractivity contribution in [2.75, 3.05) is 13.0 Å². The fraction of sp³-hybridized carbons (Fsp3) is 0.706. The molecule has 2 aromatic rings. The number of rotatable bonds is 7. The first-order valence-electron chi connectivity index (χ1n) is 9.76. The topological polar surface area (TPSA) is 160 Å². The van der Waals surface area contributed by atoms with Gasteiger partial charge in [0.1, 0.15) is 24.7 Å². The average Bonchev–Trinajstić information content (AvgIpc) is 3.37. The molecule has 2 aliphatic rings. The van der Waals surface area contributed by atoms with Crippen LogP contribution in [0, 0.1) is 5.92 Å². The van der Waals surface area contributed by atoms with Crippen LogP contribution in [-0.4, -0.2) is 71.0 Å². The molecule has 0 aromatic carbocycles. The fourth-order valence-corrected chi connectivity index (χ4v) is 4.67. The highest BCUT2D eigenvalue weighted by Crippen LogP contribution is 2.36. The van der Waals surface area contributed by atoms with Gasteiger partial charge in [-0.05, 0) is 23.9 Å². The molecule has 4 atom stereocenters. The zero-order chi connectivity index (χ0) is 21.5. The van der Waals surface area contributed by atoms with Crippen LogP contribution in [0.4, 0.5) is 0 Å². The maximum atomic E-state index is 10.9. The average molecular weight is 463 g/mol. The maximum Gasteiger partial charge on any atom is 0.350 e. The minimum atomic E-state index is -4.35. The van der Waals surface area contributed by atoms with Gasteiger partial charge in [0.05, 0.1) is 23.9 Å². The predicted molar refractivity (Wildman–Crippen MR) is 105 cm³/mol. The Labute approximate surface area is 177 Å². The summed E-state index contributed by atoms with van der Waals surface area (Å²) in [4.78, 5) is 26.4. The zero-order valence-corrected chi connectivity index (χ0v) is 17.7. The minimum Gasteiger partial charge on any atom is -0.387 e. The van der Waals surface area contributed by atoms with Crippen LogP contribution in [0.3, 0.4) is 0 Å². The molecule has 0 bridgehead atoms. The van der Waals surface area contributed by atoms with Crippen LogP contribution in [0.25, 0.3) is 11.0 Å². The van der Waals surface area contributed by atoms with E-state index in [9.17, 15) is 14.8 Å². The number of ether oxygens (including phenoxy) is 2. The third-order valence-electron chi connectivity index (χ3n) is 5.58. The van der Waals surface area contributed by atoms with E-state index < -0.39 is 38.5 Å². The first-order valence-corrected chi connectivity index (χ1v) is 11.9. The van der Waals surface area contributed by atoms with Crippen molar-refractivity contribution in [2.45, 2.75) is 56.6 Å². The Morgan fingerprint density at radius 2 is 1.97 bits per heavy atom. The number of hydrogen-bond acceptors (Lipinski definition) is 8. The van der Waals surface area contributed by atoms with Crippen LogP contribution >= 0.6 is 19.2 Å². The number of aliphatic hydroxyl groups excluding tert-OH is 2. The molecule has 30 heavy (non-hydrogen) atoms. The van der Waals surface area contributed by atoms with Crippen molar-refractivity contribution < 1.29 is 34.0 Å². The van der Waals surface area contributed by atoms with E-state index >= 15 is 0 Å². The van der Waals surface area contributed by atoms with Crippen LogP contribution in [0.2, 0.25) is 5.28 Å². The molecule has 1 saturated carbocycles. The summed E-state index contributed by atoms with van der Waals surface area (Å²) < 4.78 is 22.9. The third-order valence-corrected chi connectivity index (χ3v) is 6.27. The van der Waals surface area contributed by atoms with Gasteiger partial charge in [-0.25, -0.2) is 9.67 Å². The van der Waals surface area contributed by atoms with E-state index in [0.29, 0.717) is 17.0 Å². The number of aliphatic hydroxyl groups is 2. The highest BCUT2D eigenvalue weighted by molar-refractivity contribution is 7.51. The number of aromatic nitrogens is 4. The van der Waals surface area contributed by atoms with E-state index in [0.717, 1.165) is 25.0 Å². The van der Waals surface area contributed by atoms with E-state index in [-0.39, 0.29) is 11.9 Å². The van der Waals surface area contributed by atoms with Crippen molar-refractivity contribution in [2.24, 2.45) is 5.92 Å². The van der Waals surface area contributed by atoms with Crippen molar-refractivity contribution in [3.63, 3.8) is 0 Å². The van der Waals surface area contributed by atoms with Crippen molar-refractivity contribution in [1.82, 2.24) is 19.7 Å². The van der Waals surface area contributed by atoms with Crippen LogP contribution < -0.4 is 0 Å². The van der Waals surface area contributed by atoms with Gasteiger partial charge in [0.15, 0.2) is 11.9 Å². The molecule has 13 heteroatoms. The summed E-state index contributed by atoms with van der Waals surface area (Å²) >= 11 is 6.14. The van der Waals surface area contributed by atoms with Crippen LogP contribution in [0.5, 0.6) is 0 Å². The maximum absolute atomic E-state index is 10.9. The Morgan fingerprint density at radius 1 is 1.23 bits per heavy atom. The van der Waals surface area contributed by atoms with Gasteiger partial charge in [-0.2, -0.15) is 10.1 Å². The van der Waals surface area contributed by atoms with Gasteiger partial charge in [0, 0.05) is 0 Å². The molecule has 4 N–H and O–H groups in total. The van der Waals surface area contributed by atoms with Crippen molar-refractivity contribution >= 4 is 30.2 Å². The third kappa shape index (κ3) is 4.68. The Morgan fingerprint density at radius 3 is 2.67 bits per heavy atom. The minimum absolute atomic E-state index is 0.0619. The number of fused-ring (bicyclic) bond motifs is 1. The van der Waals surface area contributed by atoms with Gasteiger partial charge >= 0.3 is 7.60 Å². The molecule has 166 valence electrons. The first-order chi connectivity index (χ1) is 14.2. The SMILES string of the molecule is O=P(O)(O)COC[C@H]1O[C@@H](n2ncc3c(CC4CCCC4)nc(Cl)nc32)[C@H](O)[C@@H]1O. The first kappa shape index (κ1) is 22.0. The van der Waals surface area contributed by atoms with Gasteiger partial charge < -0.3 is 29.5 Å². The smallest absolute Gasteiger partial charge is 0.350 e. The fourth-order valence-electron chi connectivity index (χ4n) is 4.14. The molecule has 1 saturated heterocycles. The summed E-state index contributed by atoms with van der Waals surface area (Å²) in [6.07, 6.45) is 1.51. The van der Waals surface area contributed by atoms with Gasteiger partial charge in [-0.15, -0.1) is 0 Å². The second-order valence-electron chi connectivity index (χ2n) is 7.83. The summed E-state index contributed by atoms with van der Waals surface area (Å²) in [5.41, 5.74) is 1.17. The number of nitrogens with zero attached hydrogens (tertiary/aromatic N) is 4. The Kier molecular flexibility index (Phi) is 6.43. The van der Waals surface area contributed by atoms with E-state index in [4.69, 9.17) is 30.9 Å². The monoisotopic (exact) mass is 462 g/mol. The van der Waals surface area contributed by atoms with E-state index in [1.807, 2.05) is 0 Å². The van der Waals surface area contributed by atoms with E-state index in [1.54, 1.807) is 6.20 Å². The van der Waals surface area contributed by atoms with Crippen LogP contribution in [0.15, 0.2) is 6.20 Å². The molecule has 2 aromatic heterocycles. The molecule has 0 radical (unpaired) electrons. The van der Waals surface area contributed by atoms with Crippen molar-refractivity contribution in [3.05, 3.63) is 17.2 Å². The van der Waals surface area contributed by atoms with Gasteiger partial charge in [-0.1, -0.05) is 25.7 Å². The van der Waals surface area contributed by atoms with Gasteiger partial charge in [0.25, 0.3) is 0 Å². The lowest BCUT2D eigenvalue weighted by molar-refractivity contribution is -0.0658. The van der Waals surface area contributed by atoms with E-state index in [2.05, 4.69) is 15.1 Å². The largest absolute Gasteiger partial charge is 0.387 e. The Bertz CT molecular complexity index is 948. The van der Waals surface area contributed by atoms with Crippen LogP contribution in [-0.2, 0) is 20.5 Å². The summed E-state index contributed by atoms with van der Waals surface area (Å²) in [5.74, 6) is 0.535. The normalized spacial score (nSPS) is 28.0. The molecular formula is C17H24ClN4O7P. The second kappa shape index (κ2) is 8.76.